The lowest BCUT2D eigenvalue weighted by atomic mass is 10.1. The van der Waals surface area contributed by atoms with Gasteiger partial charge in [0.05, 0.1) is 12.6 Å². The second kappa shape index (κ2) is 6.28. The first-order chi connectivity index (χ1) is 11.7. The maximum Gasteiger partial charge on any atom is 0.270 e. The van der Waals surface area contributed by atoms with E-state index in [4.69, 9.17) is 9.47 Å². The number of nitrogens with zero attached hydrogens (tertiary/aromatic N) is 3. The molecule has 1 amide bonds. The highest BCUT2D eigenvalue weighted by Crippen LogP contribution is 2.33. The molecule has 0 radical (unpaired) electrons. The molecule has 3 atom stereocenters. The van der Waals surface area contributed by atoms with Gasteiger partial charge in [-0.3, -0.25) is 4.79 Å². The molecule has 2 aliphatic rings. The molecule has 0 unspecified atom stereocenters. The number of rotatable bonds is 3. The zero-order chi connectivity index (χ0) is 16.5. The Morgan fingerprint density at radius 1 is 1.29 bits per heavy atom. The van der Waals surface area contributed by atoms with Crippen molar-refractivity contribution in [1.29, 1.82) is 0 Å². The van der Waals surface area contributed by atoms with Crippen LogP contribution in [0.5, 0.6) is 5.88 Å². The van der Waals surface area contributed by atoms with Crippen LogP contribution >= 0.6 is 0 Å². The van der Waals surface area contributed by atoms with Crippen LogP contribution in [0.1, 0.15) is 23.3 Å². The molecule has 3 heterocycles. The Morgan fingerprint density at radius 3 is 2.96 bits per heavy atom. The Bertz CT molecular complexity index is 715. The van der Waals surface area contributed by atoms with Crippen LogP contribution in [-0.2, 0) is 11.8 Å². The molecular formula is C18H21N3O3. The zero-order valence-electron chi connectivity index (χ0n) is 13.7. The average Bonchev–Trinajstić information content (AvgIpc) is 3.22. The molecule has 126 valence electrons. The molecule has 2 aromatic heterocycles. The van der Waals surface area contributed by atoms with Gasteiger partial charge in [-0.25, -0.2) is 4.98 Å². The minimum absolute atomic E-state index is 0.0612. The van der Waals surface area contributed by atoms with E-state index in [1.807, 2.05) is 53.0 Å². The first-order valence-electron chi connectivity index (χ1n) is 8.35. The van der Waals surface area contributed by atoms with E-state index >= 15 is 0 Å². The summed E-state index contributed by atoms with van der Waals surface area (Å²) in [6, 6.07) is 9.44. The van der Waals surface area contributed by atoms with Crippen molar-refractivity contribution in [3.8, 4) is 5.88 Å². The standard InChI is InChI=1S/C18H21N3O3/c1-20-10-4-5-14(20)18(22)21-11-12-23-17-13(21)7-8-15(17)24-16-6-2-3-9-19-16/h2-6,9-10,13,15,17H,7-8,11-12H2,1H3/t13-,15-,17+/m0/s1. The molecule has 1 saturated carbocycles. The summed E-state index contributed by atoms with van der Waals surface area (Å²) in [7, 11) is 1.90. The number of ether oxygens (including phenoxy) is 2. The molecule has 2 fully saturated rings. The summed E-state index contributed by atoms with van der Waals surface area (Å²) < 4.78 is 13.8. The van der Waals surface area contributed by atoms with Crippen molar-refractivity contribution in [2.24, 2.45) is 7.05 Å². The highest BCUT2D eigenvalue weighted by Gasteiger charge is 2.46. The summed E-state index contributed by atoms with van der Waals surface area (Å²) >= 11 is 0. The number of carbonyl (C=O) groups is 1. The van der Waals surface area contributed by atoms with Gasteiger partial charge in [0.1, 0.15) is 17.9 Å². The predicted molar refractivity (Wildman–Crippen MR) is 87.9 cm³/mol. The monoisotopic (exact) mass is 327 g/mol. The summed E-state index contributed by atoms with van der Waals surface area (Å²) in [4.78, 5) is 19.1. The molecule has 1 saturated heterocycles. The van der Waals surface area contributed by atoms with Crippen molar-refractivity contribution >= 4 is 5.91 Å². The fourth-order valence-electron chi connectivity index (χ4n) is 3.70. The van der Waals surface area contributed by atoms with E-state index < -0.39 is 0 Å². The van der Waals surface area contributed by atoms with Gasteiger partial charge < -0.3 is 18.9 Å². The van der Waals surface area contributed by atoms with Crippen LogP contribution in [0.15, 0.2) is 42.7 Å². The van der Waals surface area contributed by atoms with Crippen LogP contribution in [-0.4, -0.2) is 51.8 Å². The number of aromatic nitrogens is 2. The van der Waals surface area contributed by atoms with Gasteiger partial charge in [-0.1, -0.05) is 6.07 Å². The van der Waals surface area contributed by atoms with Gasteiger partial charge in [-0.15, -0.1) is 0 Å². The number of hydrogen-bond donors (Lipinski definition) is 0. The first-order valence-corrected chi connectivity index (χ1v) is 8.35. The van der Waals surface area contributed by atoms with E-state index in [1.165, 1.54) is 0 Å². The fraction of sp³-hybridized carbons (Fsp3) is 0.444. The summed E-state index contributed by atoms with van der Waals surface area (Å²) in [6.07, 6.45) is 5.21. The molecule has 0 bridgehead atoms. The van der Waals surface area contributed by atoms with Crippen LogP contribution in [0.4, 0.5) is 0 Å². The third-order valence-electron chi connectivity index (χ3n) is 4.87. The minimum Gasteiger partial charge on any atom is -0.471 e. The maximum atomic E-state index is 12.9. The molecule has 0 spiro atoms. The SMILES string of the molecule is Cn1cccc1C(=O)N1CCO[C@H]2[C@@H](Oc3ccccn3)CC[C@@H]21. The minimum atomic E-state index is -0.0926. The van der Waals surface area contributed by atoms with Crippen molar-refractivity contribution in [3.05, 3.63) is 48.4 Å². The number of hydrogen-bond acceptors (Lipinski definition) is 4. The Balaban J connectivity index is 1.50. The van der Waals surface area contributed by atoms with Crippen LogP contribution in [0.25, 0.3) is 0 Å². The summed E-state index contributed by atoms with van der Waals surface area (Å²) in [5, 5.41) is 0. The van der Waals surface area contributed by atoms with E-state index in [2.05, 4.69) is 4.98 Å². The van der Waals surface area contributed by atoms with E-state index in [1.54, 1.807) is 6.20 Å². The van der Waals surface area contributed by atoms with Crippen molar-refractivity contribution < 1.29 is 14.3 Å². The maximum absolute atomic E-state index is 12.9. The molecule has 1 aliphatic carbocycles. The molecule has 6 nitrogen and oxygen atoms in total. The first kappa shape index (κ1) is 15.2. The second-order valence-electron chi connectivity index (χ2n) is 6.31. The van der Waals surface area contributed by atoms with Crippen LogP contribution < -0.4 is 4.74 Å². The highest BCUT2D eigenvalue weighted by atomic mass is 16.5. The van der Waals surface area contributed by atoms with Crippen LogP contribution in [0.3, 0.4) is 0 Å². The number of fused-ring (bicyclic) bond motifs is 1. The number of aryl methyl sites for hydroxylation is 1. The predicted octanol–water partition coefficient (Wildman–Crippen LogP) is 1.87. The molecule has 6 heteroatoms. The summed E-state index contributed by atoms with van der Waals surface area (Å²) in [6.45, 7) is 1.17. The Hall–Kier alpha value is -2.34. The average molecular weight is 327 g/mol. The quantitative estimate of drug-likeness (QED) is 0.864. The normalized spacial score (nSPS) is 26.2. The smallest absolute Gasteiger partial charge is 0.270 e. The Labute approximate surface area is 141 Å². The number of amides is 1. The fourth-order valence-corrected chi connectivity index (χ4v) is 3.70. The van der Waals surface area contributed by atoms with Crippen molar-refractivity contribution in [1.82, 2.24) is 14.5 Å². The molecule has 24 heavy (non-hydrogen) atoms. The number of pyridine rings is 1. The van der Waals surface area contributed by atoms with Gasteiger partial charge in [0.15, 0.2) is 0 Å². The van der Waals surface area contributed by atoms with Gasteiger partial charge in [0.2, 0.25) is 5.88 Å². The molecular weight excluding hydrogens is 306 g/mol. The van der Waals surface area contributed by atoms with Crippen molar-refractivity contribution in [2.45, 2.75) is 31.1 Å². The molecule has 0 N–H and O–H groups in total. The van der Waals surface area contributed by atoms with Crippen molar-refractivity contribution in [2.75, 3.05) is 13.2 Å². The van der Waals surface area contributed by atoms with E-state index in [-0.39, 0.29) is 24.2 Å². The van der Waals surface area contributed by atoms with Crippen molar-refractivity contribution in [3.63, 3.8) is 0 Å². The van der Waals surface area contributed by atoms with E-state index in [9.17, 15) is 4.79 Å². The molecule has 0 aromatic carbocycles. The third kappa shape index (κ3) is 2.67. The van der Waals surface area contributed by atoms with Gasteiger partial charge in [-0.2, -0.15) is 0 Å². The molecule has 1 aliphatic heterocycles. The van der Waals surface area contributed by atoms with Gasteiger partial charge in [0.25, 0.3) is 5.91 Å². The lowest BCUT2D eigenvalue weighted by Crippen LogP contribution is -2.54. The largest absolute Gasteiger partial charge is 0.471 e. The Morgan fingerprint density at radius 2 is 2.21 bits per heavy atom. The topological polar surface area (TPSA) is 56.6 Å². The van der Waals surface area contributed by atoms with E-state index in [0.29, 0.717) is 24.7 Å². The van der Waals surface area contributed by atoms with Gasteiger partial charge in [-0.05, 0) is 31.0 Å². The Kier molecular flexibility index (Phi) is 3.98. The summed E-state index contributed by atoms with van der Waals surface area (Å²) in [5.41, 5.74) is 0.713. The van der Waals surface area contributed by atoms with Gasteiger partial charge in [0, 0.05) is 32.1 Å². The lowest BCUT2D eigenvalue weighted by molar-refractivity contribution is -0.0794. The van der Waals surface area contributed by atoms with Gasteiger partial charge >= 0.3 is 0 Å². The number of carbonyl (C=O) groups excluding carboxylic acids is 1. The van der Waals surface area contributed by atoms with Crippen LogP contribution in [0, 0.1) is 0 Å². The molecule has 4 rings (SSSR count). The number of morpholine rings is 1. The zero-order valence-corrected chi connectivity index (χ0v) is 13.7. The van der Waals surface area contributed by atoms with E-state index in [0.717, 1.165) is 12.8 Å². The highest BCUT2D eigenvalue weighted by molar-refractivity contribution is 5.93. The second-order valence-corrected chi connectivity index (χ2v) is 6.31. The summed E-state index contributed by atoms with van der Waals surface area (Å²) in [5.74, 6) is 0.678. The molecule has 2 aromatic rings. The van der Waals surface area contributed by atoms with Crippen LogP contribution in [0.2, 0.25) is 0 Å². The third-order valence-corrected chi connectivity index (χ3v) is 4.87. The lowest BCUT2D eigenvalue weighted by Gasteiger charge is -2.38.